The van der Waals surface area contributed by atoms with E-state index in [1.807, 2.05) is 0 Å². The number of aliphatic hydroxyl groups excluding tert-OH is 7. The van der Waals surface area contributed by atoms with Crippen LogP contribution in [0.2, 0.25) is 0 Å². The summed E-state index contributed by atoms with van der Waals surface area (Å²) in [7, 11) is 1.42. The summed E-state index contributed by atoms with van der Waals surface area (Å²) >= 11 is 5.63. The van der Waals surface area contributed by atoms with Crippen LogP contribution < -0.4 is 5.32 Å². The van der Waals surface area contributed by atoms with Crippen molar-refractivity contribution >= 4 is 17.6 Å². The van der Waals surface area contributed by atoms with Gasteiger partial charge in [-0.05, 0) is 6.92 Å². The minimum Gasteiger partial charge on any atom is -0.394 e. The number of carbonyl (C=O) groups excluding carboxylic acids is 1. The molecule has 2 rings (SSSR count). The third-order valence-corrected chi connectivity index (χ3v) is 5.93. The number of methoxy groups -OCH3 is 1. The van der Waals surface area contributed by atoms with Gasteiger partial charge in [0.2, 0.25) is 0 Å². The summed E-state index contributed by atoms with van der Waals surface area (Å²) in [5, 5.41) is 73.5. The number of amides is 2. The molecule has 0 bridgehead atoms. The van der Waals surface area contributed by atoms with Crippen LogP contribution in [0.3, 0.4) is 0 Å². The van der Waals surface area contributed by atoms with Gasteiger partial charge in [-0.15, -0.1) is 11.6 Å². The molecule has 0 aromatic heterocycles. The first kappa shape index (κ1) is 29.4. The molecular formula is C19H35ClN2O12. The van der Waals surface area contributed by atoms with E-state index in [4.69, 9.17) is 30.5 Å². The highest BCUT2D eigenvalue weighted by Crippen LogP contribution is 2.31. The van der Waals surface area contributed by atoms with Crippen LogP contribution in [-0.4, -0.2) is 153 Å². The van der Waals surface area contributed by atoms with Crippen LogP contribution in [0.4, 0.5) is 4.79 Å². The second-order valence-corrected chi connectivity index (χ2v) is 8.54. The molecule has 0 aromatic rings. The second-order valence-electron chi connectivity index (χ2n) is 8.16. The van der Waals surface area contributed by atoms with Crippen LogP contribution in [0.25, 0.3) is 0 Å². The van der Waals surface area contributed by atoms with Gasteiger partial charge in [-0.1, -0.05) is 0 Å². The number of alkyl halides is 1. The van der Waals surface area contributed by atoms with Crippen molar-refractivity contribution in [2.45, 2.75) is 74.3 Å². The third kappa shape index (κ3) is 6.46. The summed E-state index contributed by atoms with van der Waals surface area (Å²) < 4.78 is 21.6. The molecule has 0 aliphatic carbocycles. The molecule has 11 atom stereocenters. The van der Waals surface area contributed by atoms with E-state index >= 15 is 0 Å². The predicted molar refractivity (Wildman–Crippen MR) is 114 cm³/mol. The van der Waals surface area contributed by atoms with Gasteiger partial charge < -0.3 is 60.0 Å². The average Bonchev–Trinajstić information content (AvgIpc) is 2.82. The van der Waals surface area contributed by atoms with Crippen LogP contribution in [0.5, 0.6) is 0 Å². The van der Waals surface area contributed by atoms with E-state index < -0.39 is 86.6 Å². The standard InChI is InChI=1S/C19H35ClN2O12/c1-8(7-31-2)22(19(30)21-4-3-20)17-14(28)13(27)16(10(6-24)32-17)34-18-15(29)12(26)11(25)9(5-23)33-18/h8-18,23-29H,3-7H2,1-2H3,(H,21,30)/t8?,9-,10-,11-,12+,13-,14-,15-,16-,17?,18-/m1/s1. The fourth-order valence-electron chi connectivity index (χ4n) is 3.93. The van der Waals surface area contributed by atoms with E-state index in [2.05, 4.69) is 5.32 Å². The Bertz CT molecular complexity index is 632. The summed E-state index contributed by atoms with van der Waals surface area (Å²) in [5.41, 5.74) is 0. The first-order valence-electron chi connectivity index (χ1n) is 10.8. The molecule has 200 valence electrons. The molecule has 15 heteroatoms. The van der Waals surface area contributed by atoms with E-state index in [9.17, 15) is 40.5 Å². The second kappa shape index (κ2) is 13.4. The fraction of sp³-hybridized carbons (Fsp3) is 0.947. The highest BCUT2D eigenvalue weighted by atomic mass is 35.5. The number of carbonyl (C=O) groups is 1. The maximum Gasteiger partial charge on any atom is 0.319 e. The van der Waals surface area contributed by atoms with E-state index in [-0.39, 0.29) is 19.0 Å². The summed E-state index contributed by atoms with van der Waals surface area (Å²) in [6.45, 7) is 0.376. The first-order chi connectivity index (χ1) is 16.1. The Morgan fingerprint density at radius 3 is 2.21 bits per heavy atom. The monoisotopic (exact) mass is 518 g/mol. The lowest BCUT2D eigenvalue weighted by Crippen LogP contribution is -2.68. The first-order valence-corrected chi connectivity index (χ1v) is 11.4. The number of ether oxygens (including phenoxy) is 4. The van der Waals surface area contributed by atoms with Gasteiger partial charge in [0.05, 0.1) is 25.9 Å². The normalized spacial score (nSPS) is 39.5. The maximum atomic E-state index is 12.7. The van der Waals surface area contributed by atoms with Gasteiger partial charge in [-0.2, -0.15) is 0 Å². The van der Waals surface area contributed by atoms with Crippen LogP contribution in [0.15, 0.2) is 0 Å². The van der Waals surface area contributed by atoms with Crippen molar-refractivity contribution < 1.29 is 59.5 Å². The Morgan fingerprint density at radius 2 is 1.65 bits per heavy atom. The fourth-order valence-corrected chi connectivity index (χ4v) is 4.03. The Morgan fingerprint density at radius 1 is 1.00 bits per heavy atom. The van der Waals surface area contributed by atoms with Gasteiger partial charge in [0.25, 0.3) is 0 Å². The van der Waals surface area contributed by atoms with Crippen molar-refractivity contribution in [3.63, 3.8) is 0 Å². The van der Waals surface area contributed by atoms with E-state index in [1.54, 1.807) is 6.92 Å². The van der Waals surface area contributed by atoms with Gasteiger partial charge >= 0.3 is 6.03 Å². The molecule has 2 unspecified atom stereocenters. The minimum absolute atomic E-state index is 0.0611. The van der Waals surface area contributed by atoms with Crippen LogP contribution in [0.1, 0.15) is 6.92 Å². The van der Waals surface area contributed by atoms with Crippen molar-refractivity contribution in [3.8, 4) is 0 Å². The minimum atomic E-state index is -1.78. The van der Waals surface area contributed by atoms with Crippen LogP contribution in [-0.2, 0) is 18.9 Å². The zero-order valence-corrected chi connectivity index (χ0v) is 19.6. The van der Waals surface area contributed by atoms with E-state index in [0.29, 0.717) is 0 Å². The van der Waals surface area contributed by atoms with Crippen molar-refractivity contribution in [3.05, 3.63) is 0 Å². The topological polar surface area (TPSA) is 211 Å². The molecule has 2 aliphatic rings. The molecule has 14 nitrogen and oxygen atoms in total. The molecule has 0 spiro atoms. The number of nitrogens with zero attached hydrogens (tertiary/aromatic N) is 1. The number of aliphatic hydroxyl groups is 7. The smallest absolute Gasteiger partial charge is 0.319 e. The summed E-state index contributed by atoms with van der Waals surface area (Å²) in [6, 6.07) is -1.29. The van der Waals surface area contributed by atoms with Crippen LogP contribution >= 0.6 is 11.6 Å². The zero-order chi connectivity index (χ0) is 25.6. The van der Waals surface area contributed by atoms with Gasteiger partial charge in [0.15, 0.2) is 12.5 Å². The third-order valence-electron chi connectivity index (χ3n) is 5.74. The molecule has 0 radical (unpaired) electrons. The Labute approximate surface area is 201 Å². The Kier molecular flexibility index (Phi) is 11.6. The molecule has 2 fully saturated rings. The summed E-state index contributed by atoms with van der Waals surface area (Å²) in [4.78, 5) is 13.9. The molecule has 2 amide bonds. The lowest BCUT2D eigenvalue weighted by molar-refractivity contribution is -0.348. The van der Waals surface area contributed by atoms with E-state index in [1.165, 1.54) is 7.11 Å². The Balaban J connectivity index is 2.24. The molecule has 34 heavy (non-hydrogen) atoms. The SMILES string of the molecule is COCC(C)N(C(=O)NCCCl)C1O[C@H](CO)[C@@H](O[C@H]2O[C@H](CO)[C@@H](O)[C@H](O)[C@H]2O)[C@H](O)[C@H]1O. The summed E-state index contributed by atoms with van der Waals surface area (Å²) in [5.74, 6) is 0.128. The highest BCUT2D eigenvalue weighted by Gasteiger charge is 2.52. The molecule has 0 aromatic carbocycles. The molecule has 8 N–H and O–H groups in total. The number of rotatable bonds is 10. The molecular weight excluding hydrogens is 484 g/mol. The number of hydrogen-bond acceptors (Lipinski definition) is 12. The van der Waals surface area contributed by atoms with Crippen molar-refractivity contribution in [1.29, 1.82) is 0 Å². The van der Waals surface area contributed by atoms with Crippen molar-refractivity contribution in [2.24, 2.45) is 0 Å². The zero-order valence-electron chi connectivity index (χ0n) is 18.9. The van der Waals surface area contributed by atoms with Crippen LogP contribution in [0, 0.1) is 0 Å². The Hall–Kier alpha value is -0.880. The number of hydrogen-bond donors (Lipinski definition) is 8. The quantitative estimate of drug-likeness (QED) is 0.130. The van der Waals surface area contributed by atoms with E-state index in [0.717, 1.165) is 4.90 Å². The maximum absolute atomic E-state index is 12.7. The molecule has 0 saturated carbocycles. The highest BCUT2D eigenvalue weighted by molar-refractivity contribution is 6.18. The van der Waals surface area contributed by atoms with Gasteiger partial charge in [-0.25, -0.2) is 4.79 Å². The molecule has 2 aliphatic heterocycles. The van der Waals surface area contributed by atoms with Crippen molar-refractivity contribution in [2.75, 3.05) is 39.4 Å². The van der Waals surface area contributed by atoms with Gasteiger partial charge in [-0.3, -0.25) is 4.90 Å². The van der Waals surface area contributed by atoms with Crippen molar-refractivity contribution in [1.82, 2.24) is 10.2 Å². The number of urea groups is 1. The molecule has 2 heterocycles. The number of nitrogens with one attached hydrogen (secondary N) is 1. The van der Waals surface area contributed by atoms with Gasteiger partial charge in [0.1, 0.15) is 48.8 Å². The average molecular weight is 519 g/mol. The van der Waals surface area contributed by atoms with Gasteiger partial charge in [0, 0.05) is 19.5 Å². The largest absolute Gasteiger partial charge is 0.394 e. The number of halogens is 1. The predicted octanol–water partition coefficient (Wildman–Crippen LogP) is -4.10. The molecule has 2 saturated heterocycles. The lowest BCUT2D eigenvalue weighted by Gasteiger charge is -2.49. The lowest BCUT2D eigenvalue weighted by atomic mass is 9.95. The summed E-state index contributed by atoms with van der Waals surface area (Å²) in [6.07, 6.45) is -15.8.